The number of hydrogen-bond acceptors (Lipinski definition) is 6. The third-order valence-electron chi connectivity index (χ3n) is 5.30. The molecule has 0 aliphatic heterocycles. The highest BCUT2D eigenvalue weighted by molar-refractivity contribution is 5.92. The Morgan fingerprint density at radius 3 is 2.67 bits per heavy atom. The fraction of sp³-hybridized carbons (Fsp3) is 0.391. The van der Waals surface area contributed by atoms with Crippen molar-refractivity contribution in [3.63, 3.8) is 0 Å². The van der Waals surface area contributed by atoms with E-state index in [1.165, 1.54) is 6.39 Å². The molecule has 4 rings (SSSR count). The number of amides is 1. The lowest BCUT2D eigenvalue weighted by Gasteiger charge is -2.21. The van der Waals surface area contributed by atoms with Crippen molar-refractivity contribution < 1.29 is 9.21 Å². The predicted octanol–water partition coefficient (Wildman–Crippen LogP) is 3.74. The standard InChI is InChI=1S/C23H27N5O2/c1-14-6-5-7-17(10-14)19(26-23(29)21-15(2)24-13-30-21)11-18-12-20(28(3)4)27-22(25-18)16-8-9-16/h5-7,10,12-13,16,19H,8-9,11H2,1-4H3,(H,26,29)/t19-/m0/s1. The van der Waals surface area contributed by atoms with Crippen LogP contribution in [0.3, 0.4) is 0 Å². The van der Waals surface area contributed by atoms with Gasteiger partial charge in [-0.3, -0.25) is 4.79 Å². The Labute approximate surface area is 176 Å². The van der Waals surface area contributed by atoms with Crippen LogP contribution in [0.5, 0.6) is 0 Å². The highest BCUT2D eigenvalue weighted by Gasteiger charge is 2.28. The molecule has 1 aliphatic carbocycles. The molecule has 1 aromatic carbocycles. The molecule has 0 bridgehead atoms. The maximum absolute atomic E-state index is 12.9. The van der Waals surface area contributed by atoms with E-state index in [-0.39, 0.29) is 17.7 Å². The Bertz CT molecular complexity index is 1040. The van der Waals surface area contributed by atoms with Crippen LogP contribution < -0.4 is 10.2 Å². The molecule has 0 saturated heterocycles. The van der Waals surface area contributed by atoms with Gasteiger partial charge in [-0.05, 0) is 32.3 Å². The molecule has 1 atom stereocenters. The summed E-state index contributed by atoms with van der Waals surface area (Å²) in [6, 6.07) is 9.92. The number of aromatic nitrogens is 3. The molecule has 2 aromatic heterocycles. The van der Waals surface area contributed by atoms with Crippen molar-refractivity contribution in [3.8, 4) is 0 Å². The van der Waals surface area contributed by atoms with Crippen LogP contribution in [0.4, 0.5) is 5.82 Å². The Balaban J connectivity index is 1.66. The highest BCUT2D eigenvalue weighted by atomic mass is 16.3. The zero-order chi connectivity index (χ0) is 21.3. The maximum Gasteiger partial charge on any atom is 0.289 e. The molecule has 0 unspecified atom stereocenters. The van der Waals surface area contributed by atoms with Crippen LogP contribution in [-0.2, 0) is 6.42 Å². The van der Waals surface area contributed by atoms with E-state index >= 15 is 0 Å². The van der Waals surface area contributed by atoms with E-state index in [1.807, 2.05) is 50.2 Å². The van der Waals surface area contributed by atoms with Crippen LogP contribution >= 0.6 is 0 Å². The molecule has 156 valence electrons. The Morgan fingerprint density at radius 1 is 1.23 bits per heavy atom. The molecule has 1 saturated carbocycles. The topological polar surface area (TPSA) is 84.2 Å². The zero-order valence-electron chi connectivity index (χ0n) is 17.8. The number of aryl methyl sites for hydroxylation is 2. The van der Waals surface area contributed by atoms with Crippen LogP contribution in [0.25, 0.3) is 0 Å². The van der Waals surface area contributed by atoms with Crippen molar-refractivity contribution in [2.75, 3.05) is 19.0 Å². The first-order valence-electron chi connectivity index (χ1n) is 10.2. The van der Waals surface area contributed by atoms with Crippen molar-refractivity contribution in [2.24, 2.45) is 0 Å². The third kappa shape index (κ3) is 4.50. The lowest BCUT2D eigenvalue weighted by atomic mass is 9.99. The van der Waals surface area contributed by atoms with Gasteiger partial charge in [-0.15, -0.1) is 0 Å². The average molecular weight is 406 g/mol. The second-order valence-corrected chi connectivity index (χ2v) is 8.16. The van der Waals surface area contributed by atoms with Crippen LogP contribution in [0.2, 0.25) is 0 Å². The molecule has 3 aromatic rings. The van der Waals surface area contributed by atoms with Gasteiger partial charge in [-0.25, -0.2) is 15.0 Å². The monoisotopic (exact) mass is 405 g/mol. The van der Waals surface area contributed by atoms with E-state index < -0.39 is 0 Å². The number of carbonyl (C=O) groups is 1. The summed E-state index contributed by atoms with van der Waals surface area (Å²) < 4.78 is 5.29. The van der Waals surface area contributed by atoms with Crippen molar-refractivity contribution in [1.29, 1.82) is 0 Å². The van der Waals surface area contributed by atoms with Crippen molar-refractivity contribution in [2.45, 2.75) is 45.1 Å². The van der Waals surface area contributed by atoms with Crippen LogP contribution in [-0.4, -0.2) is 35.0 Å². The fourth-order valence-corrected chi connectivity index (χ4v) is 3.45. The molecule has 7 nitrogen and oxygen atoms in total. The van der Waals surface area contributed by atoms with Crippen molar-refractivity contribution in [1.82, 2.24) is 20.3 Å². The number of anilines is 1. The van der Waals surface area contributed by atoms with Gasteiger partial charge in [0.1, 0.15) is 11.6 Å². The smallest absolute Gasteiger partial charge is 0.289 e. The first-order valence-corrected chi connectivity index (χ1v) is 10.2. The molecular weight excluding hydrogens is 378 g/mol. The van der Waals surface area contributed by atoms with E-state index in [0.717, 1.165) is 41.3 Å². The summed E-state index contributed by atoms with van der Waals surface area (Å²) in [5.74, 6) is 2.20. The normalized spacial score (nSPS) is 14.4. The van der Waals surface area contributed by atoms with Crippen molar-refractivity contribution >= 4 is 11.7 Å². The number of nitrogens with zero attached hydrogens (tertiary/aromatic N) is 4. The predicted molar refractivity (Wildman–Crippen MR) is 115 cm³/mol. The first-order chi connectivity index (χ1) is 14.4. The zero-order valence-corrected chi connectivity index (χ0v) is 17.8. The third-order valence-corrected chi connectivity index (χ3v) is 5.30. The molecule has 1 aliphatic rings. The largest absolute Gasteiger partial charge is 0.438 e. The number of benzene rings is 1. The summed E-state index contributed by atoms with van der Waals surface area (Å²) in [5, 5.41) is 3.12. The van der Waals surface area contributed by atoms with Gasteiger partial charge in [-0.2, -0.15) is 0 Å². The van der Waals surface area contributed by atoms with Crippen molar-refractivity contribution in [3.05, 3.63) is 70.8 Å². The minimum absolute atomic E-state index is 0.239. The minimum Gasteiger partial charge on any atom is -0.438 e. The van der Waals surface area contributed by atoms with Crippen LogP contribution in [0.1, 0.15) is 63.7 Å². The van der Waals surface area contributed by atoms with Gasteiger partial charge >= 0.3 is 0 Å². The molecular formula is C23H27N5O2. The van der Waals surface area contributed by atoms with Gasteiger partial charge in [0, 0.05) is 38.2 Å². The second-order valence-electron chi connectivity index (χ2n) is 8.16. The summed E-state index contributed by atoms with van der Waals surface area (Å²) in [7, 11) is 3.96. The van der Waals surface area contributed by atoms with Gasteiger partial charge in [0.05, 0.1) is 11.7 Å². The van der Waals surface area contributed by atoms with Gasteiger partial charge in [0.2, 0.25) is 5.76 Å². The SMILES string of the molecule is Cc1cccc([C@H](Cc2cc(N(C)C)nc(C3CC3)n2)NC(=O)c2ocnc2C)c1. The van der Waals surface area contributed by atoms with Gasteiger partial charge < -0.3 is 14.6 Å². The molecule has 30 heavy (non-hydrogen) atoms. The number of rotatable bonds is 7. The van der Waals surface area contributed by atoms with E-state index in [0.29, 0.717) is 18.0 Å². The van der Waals surface area contributed by atoms with Gasteiger partial charge in [-0.1, -0.05) is 29.8 Å². The molecule has 2 heterocycles. The summed E-state index contributed by atoms with van der Waals surface area (Å²) in [6.07, 6.45) is 4.13. The lowest BCUT2D eigenvalue weighted by molar-refractivity contribution is 0.0907. The molecule has 0 spiro atoms. The Hall–Kier alpha value is -3.22. The van der Waals surface area contributed by atoms with E-state index in [9.17, 15) is 4.79 Å². The quantitative estimate of drug-likeness (QED) is 0.645. The minimum atomic E-state index is -0.277. The highest BCUT2D eigenvalue weighted by Crippen LogP contribution is 2.38. The summed E-state index contributed by atoms with van der Waals surface area (Å²) in [6.45, 7) is 3.80. The van der Waals surface area contributed by atoms with E-state index in [4.69, 9.17) is 14.4 Å². The molecule has 1 N–H and O–H groups in total. The summed E-state index contributed by atoms with van der Waals surface area (Å²) >= 11 is 0. The summed E-state index contributed by atoms with van der Waals surface area (Å²) in [5.41, 5.74) is 3.65. The van der Waals surface area contributed by atoms with E-state index in [2.05, 4.69) is 16.4 Å². The Morgan fingerprint density at radius 2 is 2.03 bits per heavy atom. The second kappa shape index (κ2) is 8.26. The molecule has 7 heteroatoms. The van der Waals surface area contributed by atoms with Gasteiger partial charge in [0.25, 0.3) is 5.91 Å². The molecule has 0 radical (unpaired) electrons. The van der Waals surface area contributed by atoms with Crippen LogP contribution in [0.15, 0.2) is 41.1 Å². The summed E-state index contributed by atoms with van der Waals surface area (Å²) in [4.78, 5) is 28.4. The first kappa shape index (κ1) is 20.1. The number of oxazole rings is 1. The average Bonchev–Trinajstić information content (AvgIpc) is 3.48. The maximum atomic E-state index is 12.9. The fourth-order valence-electron chi connectivity index (χ4n) is 3.45. The Kier molecular flexibility index (Phi) is 5.53. The number of hydrogen-bond donors (Lipinski definition) is 1. The molecule has 1 amide bonds. The van der Waals surface area contributed by atoms with Gasteiger partial charge in [0.15, 0.2) is 6.39 Å². The van der Waals surface area contributed by atoms with Crippen LogP contribution in [0, 0.1) is 13.8 Å². The number of carbonyl (C=O) groups excluding carboxylic acids is 1. The number of nitrogens with one attached hydrogen (secondary N) is 1. The van der Waals surface area contributed by atoms with E-state index in [1.54, 1.807) is 6.92 Å². The molecule has 1 fully saturated rings. The lowest BCUT2D eigenvalue weighted by Crippen LogP contribution is -2.30.